The van der Waals surface area contributed by atoms with E-state index in [1.165, 1.54) is 6.07 Å². The lowest BCUT2D eigenvalue weighted by Crippen LogP contribution is -2.00. The Hall–Kier alpha value is -2.27. The molecule has 2 heterocycles. The number of sulfone groups is 1. The van der Waals surface area contributed by atoms with E-state index in [1.54, 1.807) is 12.3 Å². The number of fused-ring (bicyclic) bond motifs is 1. The molecule has 0 N–H and O–H groups in total. The first-order valence-corrected chi connectivity index (χ1v) is 8.37. The van der Waals surface area contributed by atoms with E-state index in [4.69, 9.17) is 0 Å². The maximum Gasteiger partial charge on any atom is 0.192 e. The molecule has 0 aliphatic carbocycles. The molecule has 0 amide bonds. The summed E-state index contributed by atoms with van der Waals surface area (Å²) in [5, 5.41) is 2.21. The predicted octanol–water partition coefficient (Wildman–Crippen LogP) is 3.01. The van der Waals surface area contributed by atoms with E-state index in [1.807, 2.05) is 37.4 Å². The van der Waals surface area contributed by atoms with Gasteiger partial charge in [0.05, 0.1) is 0 Å². The van der Waals surface area contributed by atoms with Gasteiger partial charge in [0, 0.05) is 40.9 Å². The second-order valence-electron chi connectivity index (χ2n) is 4.96. The smallest absolute Gasteiger partial charge is 0.192 e. The van der Waals surface area contributed by atoms with Crippen LogP contribution in [0.5, 0.6) is 0 Å². The number of rotatable bonds is 2. The lowest BCUT2D eigenvalue weighted by molar-refractivity contribution is 0.598. The molecule has 0 atom stereocenters. The van der Waals surface area contributed by atoms with Gasteiger partial charge < -0.3 is 0 Å². The molecule has 21 heavy (non-hydrogen) atoms. The van der Waals surface area contributed by atoms with Gasteiger partial charge >= 0.3 is 0 Å². The number of hydrogen-bond donors (Lipinski definition) is 0. The molecule has 106 valence electrons. The number of nitrogens with zero attached hydrogens (tertiary/aromatic N) is 2. The Bertz CT molecular complexity index is 917. The third kappa shape index (κ3) is 2.52. The number of hydrogen-bond acceptors (Lipinski definition) is 4. The Labute approximate surface area is 123 Å². The summed E-state index contributed by atoms with van der Waals surface area (Å²) in [7, 11) is -3.28. The third-order valence-electron chi connectivity index (χ3n) is 3.39. The second-order valence-corrected chi connectivity index (χ2v) is 6.93. The molecular formula is C16H14N2O2S. The lowest BCUT2D eigenvalue weighted by Gasteiger charge is -2.10. The Morgan fingerprint density at radius 2 is 1.71 bits per heavy atom. The molecule has 3 rings (SSSR count). The summed E-state index contributed by atoms with van der Waals surface area (Å²) in [4.78, 5) is 8.47. The fraction of sp³-hybridized carbons (Fsp3) is 0.125. The molecule has 0 aliphatic heterocycles. The number of pyridine rings is 2. The van der Waals surface area contributed by atoms with Gasteiger partial charge in [-0.2, -0.15) is 0 Å². The van der Waals surface area contributed by atoms with Crippen LogP contribution in [0.25, 0.3) is 21.9 Å². The summed E-state index contributed by atoms with van der Waals surface area (Å²) < 4.78 is 23.0. The molecule has 0 radical (unpaired) electrons. The Morgan fingerprint density at radius 3 is 2.38 bits per heavy atom. The van der Waals surface area contributed by atoms with Gasteiger partial charge in [-0.3, -0.25) is 4.98 Å². The molecule has 4 nitrogen and oxygen atoms in total. The van der Waals surface area contributed by atoms with Crippen LogP contribution in [-0.4, -0.2) is 24.6 Å². The fourth-order valence-electron chi connectivity index (χ4n) is 2.37. The number of benzene rings is 1. The zero-order valence-electron chi connectivity index (χ0n) is 11.7. The van der Waals surface area contributed by atoms with E-state index in [-0.39, 0.29) is 5.03 Å². The van der Waals surface area contributed by atoms with Crippen LogP contribution in [0.15, 0.2) is 53.8 Å². The molecule has 0 fully saturated rings. The van der Waals surface area contributed by atoms with E-state index in [0.29, 0.717) is 0 Å². The van der Waals surface area contributed by atoms with Crippen LogP contribution in [0.3, 0.4) is 0 Å². The molecule has 0 aliphatic rings. The third-order valence-corrected chi connectivity index (χ3v) is 4.40. The van der Waals surface area contributed by atoms with Crippen molar-refractivity contribution in [3.63, 3.8) is 0 Å². The highest BCUT2D eigenvalue weighted by Gasteiger charge is 2.12. The summed E-state index contributed by atoms with van der Waals surface area (Å²) >= 11 is 0. The maximum absolute atomic E-state index is 11.5. The molecule has 5 heteroatoms. The summed E-state index contributed by atoms with van der Waals surface area (Å²) in [6.45, 7) is 1.94. The van der Waals surface area contributed by atoms with Crippen molar-refractivity contribution >= 4 is 20.6 Å². The Balaban J connectivity index is 2.23. The van der Waals surface area contributed by atoms with Gasteiger partial charge in [-0.1, -0.05) is 24.3 Å². The Morgan fingerprint density at radius 1 is 0.952 bits per heavy atom. The average Bonchev–Trinajstić information content (AvgIpc) is 2.46. The standard InChI is InChI=1S/C16H14N2O2S/c1-11-16(14-6-4-3-5-12(14)9-17-11)13-7-8-15(18-10-13)21(2,19)20/h3-10H,1-2H3. The molecule has 0 saturated heterocycles. The Kier molecular flexibility index (Phi) is 3.22. The molecule has 2 aromatic heterocycles. The van der Waals surface area contributed by atoms with Gasteiger partial charge in [0.2, 0.25) is 0 Å². The lowest BCUT2D eigenvalue weighted by atomic mass is 9.99. The zero-order chi connectivity index (χ0) is 15.0. The molecular weight excluding hydrogens is 284 g/mol. The van der Waals surface area contributed by atoms with Crippen molar-refractivity contribution in [1.82, 2.24) is 9.97 Å². The van der Waals surface area contributed by atoms with Crippen LogP contribution >= 0.6 is 0 Å². The maximum atomic E-state index is 11.5. The topological polar surface area (TPSA) is 59.9 Å². The molecule has 0 unspecified atom stereocenters. The monoisotopic (exact) mass is 298 g/mol. The number of aromatic nitrogens is 2. The van der Waals surface area contributed by atoms with Crippen LogP contribution < -0.4 is 0 Å². The molecule has 0 spiro atoms. The van der Waals surface area contributed by atoms with Crippen molar-refractivity contribution in [2.75, 3.05) is 6.26 Å². The summed E-state index contributed by atoms with van der Waals surface area (Å²) in [5.74, 6) is 0. The van der Waals surface area contributed by atoms with Crippen LogP contribution in [-0.2, 0) is 9.84 Å². The second kappa shape index (κ2) is 4.93. The minimum absolute atomic E-state index is 0.0806. The van der Waals surface area contributed by atoms with Gasteiger partial charge in [-0.05, 0) is 24.4 Å². The van der Waals surface area contributed by atoms with E-state index < -0.39 is 9.84 Å². The largest absolute Gasteiger partial charge is 0.260 e. The quantitative estimate of drug-likeness (QED) is 0.729. The van der Waals surface area contributed by atoms with Crippen molar-refractivity contribution in [2.45, 2.75) is 11.9 Å². The van der Waals surface area contributed by atoms with Gasteiger partial charge in [0.15, 0.2) is 14.9 Å². The van der Waals surface area contributed by atoms with Crippen LogP contribution in [0.4, 0.5) is 0 Å². The molecule has 1 aromatic carbocycles. The van der Waals surface area contributed by atoms with Gasteiger partial charge in [0.25, 0.3) is 0 Å². The van der Waals surface area contributed by atoms with Gasteiger partial charge in [-0.25, -0.2) is 13.4 Å². The van der Waals surface area contributed by atoms with E-state index in [2.05, 4.69) is 9.97 Å². The number of aryl methyl sites for hydroxylation is 1. The van der Waals surface area contributed by atoms with Crippen molar-refractivity contribution in [2.24, 2.45) is 0 Å². The first kappa shape index (κ1) is 13.7. The first-order valence-electron chi connectivity index (χ1n) is 6.47. The normalized spacial score (nSPS) is 11.7. The molecule has 0 bridgehead atoms. The van der Waals surface area contributed by atoms with E-state index >= 15 is 0 Å². The van der Waals surface area contributed by atoms with Crippen molar-refractivity contribution in [3.8, 4) is 11.1 Å². The van der Waals surface area contributed by atoms with Gasteiger partial charge in [-0.15, -0.1) is 0 Å². The van der Waals surface area contributed by atoms with Crippen molar-refractivity contribution in [1.29, 1.82) is 0 Å². The summed E-state index contributed by atoms with van der Waals surface area (Å²) in [6.07, 6.45) is 4.58. The summed E-state index contributed by atoms with van der Waals surface area (Å²) in [6, 6.07) is 11.3. The minimum Gasteiger partial charge on any atom is -0.260 e. The fourth-order valence-corrected chi connectivity index (χ4v) is 2.93. The SMILES string of the molecule is Cc1ncc2ccccc2c1-c1ccc(S(C)(=O)=O)nc1. The molecule has 0 saturated carbocycles. The zero-order valence-corrected chi connectivity index (χ0v) is 12.6. The molecule has 3 aromatic rings. The van der Waals surface area contributed by atoms with Gasteiger partial charge in [0.1, 0.15) is 0 Å². The van der Waals surface area contributed by atoms with Crippen molar-refractivity contribution in [3.05, 3.63) is 54.5 Å². The van der Waals surface area contributed by atoms with Crippen LogP contribution in [0.2, 0.25) is 0 Å². The highest BCUT2D eigenvalue weighted by Crippen LogP contribution is 2.30. The van der Waals surface area contributed by atoms with E-state index in [9.17, 15) is 8.42 Å². The summed E-state index contributed by atoms with van der Waals surface area (Å²) in [5.41, 5.74) is 2.74. The highest BCUT2D eigenvalue weighted by molar-refractivity contribution is 7.90. The van der Waals surface area contributed by atoms with E-state index in [0.717, 1.165) is 33.8 Å². The average molecular weight is 298 g/mol. The van der Waals surface area contributed by atoms with Crippen LogP contribution in [0.1, 0.15) is 5.69 Å². The van der Waals surface area contributed by atoms with Crippen LogP contribution in [0, 0.1) is 6.92 Å². The first-order chi connectivity index (χ1) is 9.97. The highest BCUT2D eigenvalue weighted by atomic mass is 32.2. The van der Waals surface area contributed by atoms with Crippen molar-refractivity contribution < 1.29 is 8.42 Å². The minimum atomic E-state index is -3.28. The predicted molar refractivity (Wildman–Crippen MR) is 82.8 cm³/mol.